The smallest absolute Gasteiger partial charge is 0.308 e. The van der Waals surface area contributed by atoms with Crippen molar-refractivity contribution in [3.8, 4) is 0 Å². The summed E-state index contributed by atoms with van der Waals surface area (Å²) in [5, 5.41) is 4.68. The first-order valence-corrected chi connectivity index (χ1v) is 15.5. The van der Waals surface area contributed by atoms with Crippen LogP contribution in [0.2, 0.25) is 5.02 Å². The Morgan fingerprint density at radius 1 is 0.762 bits per heavy atom. The molecule has 0 atom stereocenters. The summed E-state index contributed by atoms with van der Waals surface area (Å²) in [5.41, 5.74) is 2.05. The molecule has 0 fully saturated rings. The largest absolute Gasteiger partial charge is 0.344 e. The molecule has 15 heteroatoms. The number of benzene rings is 3. The Morgan fingerprint density at radius 2 is 1.31 bits per heavy atom. The van der Waals surface area contributed by atoms with Crippen molar-refractivity contribution in [2.75, 3.05) is 14.3 Å². The molecule has 218 valence electrons. The average molecular weight is 629 g/mol. The maximum absolute atomic E-state index is 13.4. The van der Waals surface area contributed by atoms with Gasteiger partial charge in [-0.25, -0.2) is 41.1 Å². The highest BCUT2D eigenvalue weighted by molar-refractivity contribution is 7.93. The number of amides is 4. The van der Waals surface area contributed by atoms with E-state index in [1.807, 2.05) is 5.32 Å². The van der Waals surface area contributed by atoms with E-state index in [4.69, 9.17) is 11.6 Å². The first-order chi connectivity index (χ1) is 19.7. The predicted octanol–water partition coefficient (Wildman–Crippen LogP) is 4.99. The van der Waals surface area contributed by atoms with Crippen molar-refractivity contribution < 1.29 is 26.4 Å². The molecule has 0 spiro atoms. The number of imide groups is 1. The molecule has 42 heavy (non-hydrogen) atoms. The zero-order valence-corrected chi connectivity index (χ0v) is 24.9. The number of aryl methyl sites for hydroxylation is 3. The van der Waals surface area contributed by atoms with Gasteiger partial charge in [-0.2, -0.15) is 4.31 Å². The minimum Gasteiger partial charge on any atom is -0.308 e. The van der Waals surface area contributed by atoms with Crippen LogP contribution in [-0.2, 0) is 20.0 Å². The zero-order valence-electron chi connectivity index (χ0n) is 22.5. The van der Waals surface area contributed by atoms with Gasteiger partial charge < -0.3 is 5.32 Å². The number of carbonyl (C=O) groups is 2. The Morgan fingerprint density at radius 3 is 1.88 bits per heavy atom. The van der Waals surface area contributed by atoms with Crippen molar-refractivity contribution in [3.05, 3.63) is 101 Å². The molecule has 4 rings (SSSR count). The second-order valence-electron chi connectivity index (χ2n) is 9.05. The normalized spacial score (nSPS) is 11.4. The molecule has 3 aromatic carbocycles. The van der Waals surface area contributed by atoms with Crippen LogP contribution in [0.25, 0.3) is 0 Å². The highest BCUT2D eigenvalue weighted by atomic mass is 35.5. The average Bonchev–Trinajstić information content (AvgIpc) is 2.89. The molecule has 0 radical (unpaired) electrons. The lowest BCUT2D eigenvalue weighted by Gasteiger charge is -2.23. The third-order valence-corrected chi connectivity index (χ3v) is 8.98. The van der Waals surface area contributed by atoms with E-state index in [-0.39, 0.29) is 27.1 Å². The molecular weight excluding hydrogens is 604 g/mol. The van der Waals surface area contributed by atoms with Gasteiger partial charge in [0.1, 0.15) is 0 Å². The molecule has 0 aliphatic rings. The molecule has 12 nitrogen and oxygen atoms in total. The van der Waals surface area contributed by atoms with Crippen LogP contribution in [0.5, 0.6) is 0 Å². The summed E-state index contributed by atoms with van der Waals surface area (Å²) in [5.74, 6) is -0.0848. The second kappa shape index (κ2) is 12.1. The van der Waals surface area contributed by atoms with E-state index >= 15 is 0 Å². The van der Waals surface area contributed by atoms with Gasteiger partial charge in [0.25, 0.3) is 20.0 Å². The number of rotatable bonds is 7. The van der Waals surface area contributed by atoms with Gasteiger partial charge >= 0.3 is 12.1 Å². The molecule has 0 saturated heterocycles. The highest BCUT2D eigenvalue weighted by Crippen LogP contribution is 2.26. The molecule has 1 heterocycles. The topological polar surface area (TPSA) is 168 Å². The number of carbonyl (C=O) groups excluding carboxylic acids is 2. The lowest BCUT2D eigenvalue weighted by atomic mass is 10.2. The maximum atomic E-state index is 13.4. The molecule has 4 amide bonds. The number of nitrogens with one attached hydrogen (secondary N) is 3. The van der Waals surface area contributed by atoms with Gasteiger partial charge in [0.2, 0.25) is 5.95 Å². The second-order valence-corrected chi connectivity index (χ2v) is 13.0. The number of hydrogen-bond acceptors (Lipinski definition) is 8. The zero-order chi connectivity index (χ0) is 30.7. The van der Waals surface area contributed by atoms with Crippen molar-refractivity contribution in [1.29, 1.82) is 0 Å². The minimum absolute atomic E-state index is 0.0554. The number of anilines is 3. The van der Waals surface area contributed by atoms with Crippen molar-refractivity contribution in [2.45, 2.75) is 30.6 Å². The van der Waals surface area contributed by atoms with Crippen molar-refractivity contribution in [1.82, 2.24) is 15.3 Å². The summed E-state index contributed by atoms with van der Waals surface area (Å²) >= 11 is 5.93. The quantitative estimate of drug-likeness (QED) is 0.257. The highest BCUT2D eigenvalue weighted by Gasteiger charge is 2.32. The van der Waals surface area contributed by atoms with E-state index in [1.165, 1.54) is 60.7 Å². The monoisotopic (exact) mass is 628 g/mol. The van der Waals surface area contributed by atoms with Crippen molar-refractivity contribution in [3.63, 3.8) is 0 Å². The van der Waals surface area contributed by atoms with Crippen LogP contribution in [0.4, 0.5) is 26.9 Å². The Labute approximate surface area is 247 Å². The first-order valence-electron chi connectivity index (χ1n) is 12.2. The van der Waals surface area contributed by atoms with E-state index in [1.54, 1.807) is 39.0 Å². The molecule has 0 aliphatic carbocycles. The van der Waals surface area contributed by atoms with Crippen LogP contribution in [0, 0.1) is 20.8 Å². The van der Waals surface area contributed by atoms with E-state index in [0.29, 0.717) is 20.7 Å². The van der Waals surface area contributed by atoms with Crippen LogP contribution in [0.1, 0.15) is 17.0 Å². The number of urea groups is 2. The van der Waals surface area contributed by atoms with E-state index < -0.39 is 32.1 Å². The SMILES string of the molecule is Cc1ccc(S(=O)(=O)N(C(=O)NC(=O)Nc2ccc(S(=O)(=O)Nc3nc(C)cc(C)n3)cc2)c2ccc(Cl)cc2)cc1. The molecular formula is C27H25ClN6O6S2. The summed E-state index contributed by atoms with van der Waals surface area (Å²) < 4.78 is 55.1. The summed E-state index contributed by atoms with van der Waals surface area (Å²) in [4.78, 5) is 33.7. The Hall–Kier alpha value is -4.53. The standard InChI is InChI=1S/C27H25ClN6O6S2/c1-17-4-12-24(13-5-17)42(39,40)34(22-10-6-20(28)7-11-22)27(36)32-26(35)31-21-8-14-23(15-9-21)41(37,38)33-25-29-18(2)16-19(3)30-25/h4-16H,1-3H3,(H,29,30,33)(H2,31,32,35,36). The number of hydrogen-bond donors (Lipinski definition) is 3. The van der Waals surface area contributed by atoms with Crippen molar-refractivity contribution in [2.24, 2.45) is 0 Å². The molecule has 3 N–H and O–H groups in total. The van der Waals surface area contributed by atoms with Gasteiger partial charge in [-0.3, -0.25) is 5.32 Å². The molecule has 0 saturated carbocycles. The summed E-state index contributed by atoms with van der Waals surface area (Å²) in [6.07, 6.45) is 0. The number of halogens is 1. The molecule has 0 aliphatic heterocycles. The Kier molecular flexibility index (Phi) is 8.80. The molecule has 0 bridgehead atoms. The van der Waals surface area contributed by atoms with Gasteiger partial charge in [-0.05, 0) is 87.5 Å². The van der Waals surface area contributed by atoms with Gasteiger partial charge in [-0.15, -0.1) is 0 Å². The lowest BCUT2D eigenvalue weighted by Crippen LogP contribution is -2.47. The minimum atomic E-state index is -4.44. The number of sulfonamides is 2. The van der Waals surface area contributed by atoms with Crippen LogP contribution < -0.4 is 19.7 Å². The fraction of sp³-hybridized carbons (Fsp3) is 0.111. The van der Waals surface area contributed by atoms with E-state index in [2.05, 4.69) is 20.0 Å². The third kappa shape index (κ3) is 7.21. The molecule has 0 unspecified atom stereocenters. The molecule has 1 aromatic heterocycles. The Bertz CT molecular complexity index is 1830. The van der Waals surface area contributed by atoms with Gasteiger partial charge in [0, 0.05) is 22.1 Å². The fourth-order valence-electron chi connectivity index (χ4n) is 3.74. The van der Waals surface area contributed by atoms with Crippen LogP contribution in [-0.4, -0.2) is 38.9 Å². The maximum Gasteiger partial charge on any atom is 0.344 e. The Balaban J connectivity index is 1.50. The van der Waals surface area contributed by atoms with Crippen LogP contribution in [0.3, 0.4) is 0 Å². The lowest BCUT2D eigenvalue weighted by molar-refractivity contribution is 0.238. The van der Waals surface area contributed by atoms with Crippen LogP contribution in [0.15, 0.2) is 88.7 Å². The van der Waals surface area contributed by atoms with Gasteiger partial charge in [0.15, 0.2) is 0 Å². The third-order valence-electron chi connectivity index (χ3n) is 5.66. The van der Waals surface area contributed by atoms with Gasteiger partial charge in [0.05, 0.1) is 15.5 Å². The number of nitrogens with zero attached hydrogens (tertiary/aromatic N) is 3. The fourth-order valence-corrected chi connectivity index (χ4v) is 6.16. The van der Waals surface area contributed by atoms with Gasteiger partial charge in [-0.1, -0.05) is 29.3 Å². The summed E-state index contributed by atoms with van der Waals surface area (Å²) in [6.45, 7) is 5.19. The van der Waals surface area contributed by atoms with E-state index in [9.17, 15) is 26.4 Å². The van der Waals surface area contributed by atoms with E-state index in [0.717, 1.165) is 5.56 Å². The summed E-state index contributed by atoms with van der Waals surface area (Å²) in [6, 6.07) is 15.7. The predicted molar refractivity (Wildman–Crippen MR) is 159 cm³/mol. The first kappa shape index (κ1) is 30.4. The summed E-state index contributed by atoms with van der Waals surface area (Å²) in [7, 11) is -8.48. The molecule has 4 aromatic rings. The van der Waals surface area contributed by atoms with Crippen molar-refractivity contribution >= 4 is 61.0 Å². The van der Waals surface area contributed by atoms with Crippen LogP contribution >= 0.6 is 11.6 Å². The number of aromatic nitrogens is 2.